The predicted octanol–water partition coefficient (Wildman–Crippen LogP) is 2.24. The summed E-state index contributed by atoms with van der Waals surface area (Å²) in [6.45, 7) is 3.39. The maximum Gasteiger partial charge on any atom is 0.270 e. The number of hydrogen-bond acceptors (Lipinski definition) is 3. The van der Waals surface area contributed by atoms with E-state index in [-0.39, 0.29) is 30.1 Å². The molecule has 0 saturated carbocycles. The smallest absolute Gasteiger partial charge is 0.270 e. The van der Waals surface area contributed by atoms with E-state index < -0.39 is 0 Å². The van der Waals surface area contributed by atoms with Crippen molar-refractivity contribution in [2.24, 2.45) is 0 Å². The number of rotatable bonds is 4. The first-order valence-corrected chi connectivity index (χ1v) is 10.8. The maximum atomic E-state index is 13.1. The summed E-state index contributed by atoms with van der Waals surface area (Å²) in [6.07, 6.45) is 4.99. The quantitative estimate of drug-likeness (QED) is 0.753. The summed E-state index contributed by atoms with van der Waals surface area (Å²) in [7, 11) is 0. The molecule has 2 aliphatic heterocycles. The molecule has 1 aromatic heterocycles. The zero-order valence-corrected chi connectivity index (χ0v) is 17.5. The van der Waals surface area contributed by atoms with Gasteiger partial charge < -0.3 is 19.3 Å². The van der Waals surface area contributed by atoms with Crippen LogP contribution < -0.4 is 0 Å². The van der Waals surface area contributed by atoms with E-state index in [4.69, 9.17) is 0 Å². The third kappa shape index (κ3) is 4.78. The number of halogens is 1. The van der Waals surface area contributed by atoms with Crippen LogP contribution in [0.15, 0.2) is 42.6 Å². The second-order valence-corrected chi connectivity index (χ2v) is 8.05. The van der Waals surface area contributed by atoms with Crippen molar-refractivity contribution in [3.63, 3.8) is 0 Å². The number of nitrogens with zero attached hydrogens (tertiary/aromatic N) is 4. The van der Waals surface area contributed by atoms with E-state index in [1.807, 2.05) is 4.90 Å². The molecule has 2 aliphatic rings. The molecule has 0 unspecified atom stereocenters. The highest BCUT2D eigenvalue weighted by Gasteiger charge is 2.27. The van der Waals surface area contributed by atoms with Crippen molar-refractivity contribution in [1.82, 2.24) is 19.3 Å². The van der Waals surface area contributed by atoms with Crippen LogP contribution in [0.4, 0.5) is 4.39 Å². The fourth-order valence-electron chi connectivity index (χ4n) is 4.18. The van der Waals surface area contributed by atoms with Crippen molar-refractivity contribution >= 4 is 17.7 Å². The van der Waals surface area contributed by atoms with E-state index in [2.05, 4.69) is 0 Å². The molecule has 164 valence electrons. The van der Waals surface area contributed by atoms with Crippen LogP contribution in [0.1, 0.15) is 40.1 Å². The monoisotopic (exact) mass is 426 g/mol. The Morgan fingerprint density at radius 1 is 0.742 bits per heavy atom. The molecule has 0 radical (unpaired) electrons. The van der Waals surface area contributed by atoms with Crippen LogP contribution >= 0.6 is 0 Å². The first-order chi connectivity index (χ1) is 15.0. The molecule has 0 aliphatic carbocycles. The highest BCUT2D eigenvalue weighted by molar-refractivity contribution is 5.95. The largest absolute Gasteiger partial charge is 0.341 e. The Kier molecular flexibility index (Phi) is 6.34. The van der Waals surface area contributed by atoms with Gasteiger partial charge in [-0.3, -0.25) is 14.4 Å². The number of carbonyl (C=O) groups is 3. The molecule has 2 fully saturated rings. The van der Waals surface area contributed by atoms with Crippen LogP contribution in [-0.4, -0.2) is 76.3 Å². The van der Waals surface area contributed by atoms with E-state index in [9.17, 15) is 18.8 Å². The summed E-state index contributed by atoms with van der Waals surface area (Å²) in [6, 6.07) is 9.01. The second kappa shape index (κ2) is 9.32. The molecule has 2 saturated heterocycles. The van der Waals surface area contributed by atoms with Crippen LogP contribution in [0.5, 0.6) is 0 Å². The standard InChI is InChI=1S/C23H27FN4O3/c24-19-8-6-18(7-9-19)22(30)26-13-15-27(16-14-26)23(31)20-5-4-12-28(20)17-21(29)25-10-2-1-3-11-25/h4-9,12H,1-3,10-11,13-17H2. The molecule has 2 aromatic rings. The van der Waals surface area contributed by atoms with Gasteiger partial charge in [-0.05, 0) is 55.7 Å². The lowest BCUT2D eigenvalue weighted by Gasteiger charge is -2.35. The molecule has 3 heterocycles. The van der Waals surface area contributed by atoms with Crippen LogP contribution in [-0.2, 0) is 11.3 Å². The summed E-state index contributed by atoms with van der Waals surface area (Å²) in [5.41, 5.74) is 0.926. The first kappa shape index (κ1) is 21.1. The summed E-state index contributed by atoms with van der Waals surface area (Å²) in [5, 5.41) is 0. The SMILES string of the molecule is O=C(Cn1cccc1C(=O)N1CCN(C(=O)c2ccc(F)cc2)CC1)N1CCCCC1. The Labute approximate surface area is 181 Å². The molecule has 3 amide bonds. The van der Waals surface area contributed by atoms with Gasteiger partial charge in [0.2, 0.25) is 5.91 Å². The molecule has 7 nitrogen and oxygen atoms in total. The molecule has 0 spiro atoms. The number of piperazine rings is 1. The third-order valence-electron chi connectivity index (χ3n) is 6.01. The fourth-order valence-corrected chi connectivity index (χ4v) is 4.18. The number of amides is 3. The van der Waals surface area contributed by atoms with Gasteiger partial charge in [0.05, 0.1) is 0 Å². The second-order valence-electron chi connectivity index (χ2n) is 8.05. The minimum absolute atomic E-state index is 0.0414. The normalized spacial score (nSPS) is 17.0. The van der Waals surface area contributed by atoms with Gasteiger partial charge in [0.25, 0.3) is 11.8 Å². The van der Waals surface area contributed by atoms with Crippen molar-refractivity contribution in [2.75, 3.05) is 39.3 Å². The number of carbonyl (C=O) groups excluding carboxylic acids is 3. The molecule has 0 atom stereocenters. The Hall–Kier alpha value is -3.16. The number of piperidine rings is 1. The van der Waals surface area contributed by atoms with Gasteiger partial charge >= 0.3 is 0 Å². The van der Waals surface area contributed by atoms with Crippen molar-refractivity contribution in [2.45, 2.75) is 25.8 Å². The average molecular weight is 426 g/mol. The average Bonchev–Trinajstić information content (AvgIpc) is 3.27. The Bertz CT molecular complexity index is 942. The van der Waals surface area contributed by atoms with Crippen molar-refractivity contribution in [3.05, 3.63) is 59.7 Å². The molecular formula is C23H27FN4O3. The zero-order valence-electron chi connectivity index (χ0n) is 17.5. The molecular weight excluding hydrogens is 399 g/mol. The summed E-state index contributed by atoms with van der Waals surface area (Å²) < 4.78 is 14.8. The Morgan fingerprint density at radius 3 is 2.00 bits per heavy atom. The molecule has 8 heteroatoms. The van der Waals surface area contributed by atoms with E-state index >= 15 is 0 Å². The lowest BCUT2D eigenvalue weighted by Crippen LogP contribution is -2.51. The lowest BCUT2D eigenvalue weighted by molar-refractivity contribution is -0.132. The van der Waals surface area contributed by atoms with Gasteiger partial charge in [-0.25, -0.2) is 4.39 Å². The van der Waals surface area contributed by atoms with Crippen molar-refractivity contribution in [3.8, 4) is 0 Å². The van der Waals surface area contributed by atoms with Gasteiger partial charge in [0.15, 0.2) is 0 Å². The summed E-state index contributed by atoms with van der Waals surface area (Å²) >= 11 is 0. The third-order valence-corrected chi connectivity index (χ3v) is 6.01. The Morgan fingerprint density at radius 2 is 1.35 bits per heavy atom. The molecule has 4 rings (SSSR count). The summed E-state index contributed by atoms with van der Waals surface area (Å²) in [5.74, 6) is -0.638. The highest BCUT2D eigenvalue weighted by Crippen LogP contribution is 2.15. The van der Waals surface area contributed by atoms with Gasteiger partial charge in [0, 0.05) is 51.0 Å². The Balaban J connectivity index is 1.35. The fraction of sp³-hybridized carbons (Fsp3) is 0.435. The molecule has 1 aromatic carbocycles. The van der Waals surface area contributed by atoms with Gasteiger partial charge in [-0.2, -0.15) is 0 Å². The predicted molar refractivity (Wildman–Crippen MR) is 113 cm³/mol. The van der Waals surface area contributed by atoms with Gasteiger partial charge in [0.1, 0.15) is 18.1 Å². The van der Waals surface area contributed by atoms with E-state index in [0.717, 1.165) is 32.4 Å². The molecule has 0 bridgehead atoms. The molecule has 31 heavy (non-hydrogen) atoms. The number of likely N-dealkylation sites (tertiary alicyclic amines) is 1. The van der Waals surface area contributed by atoms with E-state index in [0.29, 0.717) is 37.4 Å². The van der Waals surface area contributed by atoms with Crippen molar-refractivity contribution in [1.29, 1.82) is 0 Å². The minimum Gasteiger partial charge on any atom is -0.341 e. The lowest BCUT2D eigenvalue weighted by atomic mass is 10.1. The summed E-state index contributed by atoms with van der Waals surface area (Å²) in [4.78, 5) is 43.5. The number of benzene rings is 1. The first-order valence-electron chi connectivity index (χ1n) is 10.8. The topological polar surface area (TPSA) is 65.9 Å². The van der Waals surface area contributed by atoms with Gasteiger partial charge in [-0.1, -0.05) is 0 Å². The van der Waals surface area contributed by atoms with Crippen molar-refractivity contribution < 1.29 is 18.8 Å². The van der Waals surface area contributed by atoms with Crippen LogP contribution in [0.3, 0.4) is 0 Å². The number of hydrogen-bond donors (Lipinski definition) is 0. The van der Waals surface area contributed by atoms with Crippen LogP contribution in [0.25, 0.3) is 0 Å². The zero-order chi connectivity index (χ0) is 21.8. The van der Waals surface area contributed by atoms with Gasteiger partial charge in [-0.15, -0.1) is 0 Å². The highest BCUT2D eigenvalue weighted by atomic mass is 19.1. The van der Waals surface area contributed by atoms with E-state index in [1.165, 1.54) is 24.3 Å². The van der Waals surface area contributed by atoms with E-state index in [1.54, 1.807) is 32.7 Å². The molecule has 0 N–H and O–H groups in total. The maximum absolute atomic E-state index is 13.1. The van der Waals surface area contributed by atoms with Crippen LogP contribution in [0.2, 0.25) is 0 Å². The minimum atomic E-state index is -0.381. The number of aromatic nitrogens is 1. The van der Waals surface area contributed by atoms with Crippen LogP contribution in [0, 0.1) is 5.82 Å².